The maximum Gasteiger partial charge on any atom is 0.182 e. The summed E-state index contributed by atoms with van der Waals surface area (Å²) in [4.78, 5) is 0. The Kier molecular flexibility index (Phi) is 2.86. The molecule has 0 bridgehead atoms. The van der Waals surface area contributed by atoms with Crippen LogP contribution < -0.4 is 0 Å². The van der Waals surface area contributed by atoms with Crippen LogP contribution in [0, 0.1) is 5.82 Å². The van der Waals surface area contributed by atoms with E-state index in [0.717, 1.165) is 16.7 Å². The molecule has 0 aliphatic carbocycles. The predicted molar refractivity (Wildman–Crippen MR) is 65.3 cm³/mol. The van der Waals surface area contributed by atoms with Crippen LogP contribution in [-0.2, 0) is 11.2 Å². The minimum atomic E-state index is -0.912. The fourth-order valence-corrected chi connectivity index (χ4v) is 2.31. The van der Waals surface area contributed by atoms with Gasteiger partial charge in [0.25, 0.3) is 0 Å². The minimum absolute atomic E-state index is 0.226. The molecule has 0 saturated heterocycles. The van der Waals surface area contributed by atoms with E-state index >= 15 is 0 Å². The lowest BCUT2D eigenvalue weighted by Gasteiger charge is -2.29. The number of aliphatic hydroxyl groups is 1. The van der Waals surface area contributed by atoms with Crippen LogP contribution in [0.3, 0.4) is 0 Å². The molecule has 2 aromatic carbocycles. The molecule has 1 aliphatic rings. The normalized spacial score (nSPS) is 22.6. The number of fused-ring (bicyclic) bond motifs is 1. The van der Waals surface area contributed by atoms with Crippen LogP contribution in [0.25, 0.3) is 0 Å². The Bertz CT molecular complexity index is 551. The third-order valence-electron chi connectivity index (χ3n) is 3.26. The van der Waals surface area contributed by atoms with E-state index in [-0.39, 0.29) is 11.9 Å². The van der Waals surface area contributed by atoms with Crippen molar-refractivity contribution in [1.29, 1.82) is 0 Å². The molecule has 2 nitrogen and oxygen atoms in total. The highest BCUT2D eigenvalue weighted by atomic mass is 19.1. The zero-order valence-corrected chi connectivity index (χ0v) is 9.71. The third-order valence-corrected chi connectivity index (χ3v) is 3.26. The van der Waals surface area contributed by atoms with Crippen LogP contribution in [0.2, 0.25) is 0 Å². The highest BCUT2D eigenvalue weighted by molar-refractivity contribution is 5.32. The highest BCUT2D eigenvalue weighted by Gasteiger charge is 2.26. The predicted octanol–water partition coefficient (Wildman–Crippen LogP) is 3.13. The van der Waals surface area contributed by atoms with Crippen LogP contribution in [-0.4, -0.2) is 5.11 Å². The number of ether oxygens (including phenoxy) is 1. The third kappa shape index (κ3) is 2.03. The van der Waals surface area contributed by atoms with E-state index in [1.165, 1.54) is 12.1 Å². The van der Waals surface area contributed by atoms with E-state index in [2.05, 4.69) is 0 Å². The minimum Gasteiger partial charge on any atom is -0.364 e. The fourth-order valence-electron chi connectivity index (χ4n) is 2.31. The van der Waals surface area contributed by atoms with Gasteiger partial charge in [0.15, 0.2) is 6.29 Å². The first-order valence-corrected chi connectivity index (χ1v) is 5.91. The molecule has 2 aromatic rings. The molecule has 18 heavy (non-hydrogen) atoms. The number of aliphatic hydroxyl groups excluding tert-OH is 1. The van der Waals surface area contributed by atoms with Gasteiger partial charge in [0.2, 0.25) is 0 Å². The molecule has 2 unspecified atom stereocenters. The molecule has 1 aliphatic heterocycles. The summed E-state index contributed by atoms with van der Waals surface area (Å²) in [5.74, 6) is -0.268. The van der Waals surface area contributed by atoms with Crippen molar-refractivity contribution in [2.45, 2.75) is 18.8 Å². The van der Waals surface area contributed by atoms with E-state index < -0.39 is 6.29 Å². The van der Waals surface area contributed by atoms with Crippen molar-refractivity contribution in [2.75, 3.05) is 0 Å². The van der Waals surface area contributed by atoms with E-state index in [9.17, 15) is 9.50 Å². The largest absolute Gasteiger partial charge is 0.364 e. The first-order valence-electron chi connectivity index (χ1n) is 5.91. The van der Waals surface area contributed by atoms with Gasteiger partial charge in [-0.25, -0.2) is 4.39 Å². The van der Waals surface area contributed by atoms with Crippen molar-refractivity contribution in [3.8, 4) is 0 Å². The summed E-state index contributed by atoms with van der Waals surface area (Å²) in [6.45, 7) is 0. The standard InChI is InChI=1S/C15H13FO2/c16-12-7-5-10(6-8-12)14-9-11-3-1-2-4-13(11)15(17)18-14/h1-8,14-15,17H,9H2. The summed E-state index contributed by atoms with van der Waals surface area (Å²) in [6, 6.07) is 13.9. The molecular formula is C15H13FO2. The summed E-state index contributed by atoms with van der Waals surface area (Å²) in [6.07, 6.45) is -0.445. The molecule has 0 saturated carbocycles. The first-order chi connectivity index (χ1) is 8.74. The summed E-state index contributed by atoms with van der Waals surface area (Å²) in [7, 11) is 0. The smallest absolute Gasteiger partial charge is 0.182 e. The Hall–Kier alpha value is -1.71. The number of benzene rings is 2. The Morgan fingerprint density at radius 3 is 2.56 bits per heavy atom. The monoisotopic (exact) mass is 244 g/mol. The Labute approximate surface area is 105 Å². The molecule has 3 rings (SSSR count). The molecule has 2 atom stereocenters. The van der Waals surface area contributed by atoms with Gasteiger partial charge in [0, 0.05) is 12.0 Å². The molecular weight excluding hydrogens is 231 g/mol. The Morgan fingerprint density at radius 2 is 1.78 bits per heavy atom. The average Bonchev–Trinajstić information content (AvgIpc) is 2.39. The van der Waals surface area contributed by atoms with Gasteiger partial charge >= 0.3 is 0 Å². The lowest BCUT2D eigenvalue weighted by molar-refractivity contribution is -0.151. The summed E-state index contributed by atoms with van der Waals surface area (Å²) < 4.78 is 18.5. The topological polar surface area (TPSA) is 29.5 Å². The van der Waals surface area contributed by atoms with Gasteiger partial charge in [-0.1, -0.05) is 36.4 Å². The quantitative estimate of drug-likeness (QED) is 0.835. The number of hydrogen-bond donors (Lipinski definition) is 1. The van der Waals surface area contributed by atoms with Crippen LogP contribution in [0.4, 0.5) is 4.39 Å². The maximum absolute atomic E-state index is 12.9. The zero-order chi connectivity index (χ0) is 12.5. The molecule has 3 heteroatoms. The molecule has 0 spiro atoms. The van der Waals surface area contributed by atoms with Gasteiger partial charge in [-0.2, -0.15) is 0 Å². The molecule has 0 radical (unpaired) electrons. The second-order valence-corrected chi connectivity index (χ2v) is 4.43. The lowest BCUT2D eigenvalue weighted by Crippen LogP contribution is -2.20. The van der Waals surface area contributed by atoms with Crippen molar-refractivity contribution < 1.29 is 14.2 Å². The fraction of sp³-hybridized carbons (Fsp3) is 0.200. The highest BCUT2D eigenvalue weighted by Crippen LogP contribution is 2.35. The van der Waals surface area contributed by atoms with Crippen molar-refractivity contribution in [2.24, 2.45) is 0 Å². The van der Waals surface area contributed by atoms with Crippen molar-refractivity contribution >= 4 is 0 Å². The zero-order valence-electron chi connectivity index (χ0n) is 9.71. The number of rotatable bonds is 1. The van der Waals surface area contributed by atoms with Crippen LogP contribution in [0.15, 0.2) is 48.5 Å². The van der Waals surface area contributed by atoms with Gasteiger partial charge in [-0.15, -0.1) is 0 Å². The first kappa shape index (κ1) is 11.4. The van der Waals surface area contributed by atoms with Crippen LogP contribution >= 0.6 is 0 Å². The average molecular weight is 244 g/mol. The van der Waals surface area contributed by atoms with Gasteiger partial charge in [-0.05, 0) is 23.3 Å². The Balaban J connectivity index is 1.92. The summed E-state index contributed by atoms with van der Waals surface area (Å²) in [5.41, 5.74) is 2.77. The van der Waals surface area contributed by atoms with Crippen molar-refractivity contribution in [3.63, 3.8) is 0 Å². The molecule has 1 N–H and O–H groups in total. The van der Waals surface area contributed by atoms with Gasteiger partial charge in [0.05, 0.1) is 6.10 Å². The van der Waals surface area contributed by atoms with Gasteiger partial charge in [0.1, 0.15) is 5.82 Å². The van der Waals surface area contributed by atoms with Crippen LogP contribution in [0.5, 0.6) is 0 Å². The lowest BCUT2D eigenvalue weighted by atomic mass is 9.94. The van der Waals surface area contributed by atoms with Gasteiger partial charge < -0.3 is 9.84 Å². The summed E-state index contributed by atoms with van der Waals surface area (Å²) in [5, 5.41) is 9.95. The number of halogens is 1. The maximum atomic E-state index is 12.9. The van der Waals surface area contributed by atoms with E-state index in [1.54, 1.807) is 12.1 Å². The summed E-state index contributed by atoms with van der Waals surface area (Å²) >= 11 is 0. The molecule has 0 amide bonds. The molecule has 92 valence electrons. The molecule has 0 aromatic heterocycles. The van der Waals surface area contributed by atoms with E-state index in [0.29, 0.717) is 6.42 Å². The van der Waals surface area contributed by atoms with Crippen molar-refractivity contribution in [1.82, 2.24) is 0 Å². The molecule has 1 heterocycles. The van der Waals surface area contributed by atoms with Gasteiger partial charge in [-0.3, -0.25) is 0 Å². The van der Waals surface area contributed by atoms with Crippen molar-refractivity contribution in [3.05, 3.63) is 71.0 Å². The van der Waals surface area contributed by atoms with Crippen LogP contribution in [0.1, 0.15) is 29.1 Å². The molecule has 0 fully saturated rings. The van der Waals surface area contributed by atoms with E-state index in [1.807, 2.05) is 24.3 Å². The number of hydrogen-bond acceptors (Lipinski definition) is 2. The van der Waals surface area contributed by atoms with E-state index in [4.69, 9.17) is 4.74 Å². The SMILES string of the molecule is OC1OC(c2ccc(F)cc2)Cc2ccccc21. The Morgan fingerprint density at radius 1 is 1.06 bits per heavy atom. The second kappa shape index (κ2) is 4.52. The second-order valence-electron chi connectivity index (χ2n) is 4.43.